The molecular weight excluding hydrogens is 246 g/mol. The van der Waals surface area contributed by atoms with Gasteiger partial charge in [-0.2, -0.15) is 0 Å². The number of imidazole rings is 1. The number of fused-ring (bicyclic) bond motifs is 1. The maximum absolute atomic E-state index is 6.11. The summed E-state index contributed by atoms with van der Waals surface area (Å²) in [5.41, 5.74) is 2.18. The van der Waals surface area contributed by atoms with Gasteiger partial charge in [-0.1, -0.05) is 43.7 Å². The van der Waals surface area contributed by atoms with Crippen molar-refractivity contribution < 1.29 is 0 Å². The number of aryl methyl sites for hydroxylation is 1. The standard InChI is InChI=1S/C14H18ClN3/c1-10-16-9-13-14(15)17-8-12(18(10)13)7-11-5-3-2-4-6-11/h8-9,11H,2-7H2,1H3. The first-order chi connectivity index (χ1) is 8.75. The van der Waals surface area contributed by atoms with Crippen LogP contribution in [-0.2, 0) is 6.42 Å². The van der Waals surface area contributed by atoms with E-state index in [2.05, 4.69) is 14.4 Å². The smallest absolute Gasteiger partial charge is 0.154 e. The summed E-state index contributed by atoms with van der Waals surface area (Å²) in [5, 5.41) is 0.544. The molecule has 0 spiro atoms. The van der Waals surface area contributed by atoms with Crippen molar-refractivity contribution in [2.24, 2.45) is 5.92 Å². The topological polar surface area (TPSA) is 30.2 Å². The number of hydrogen-bond acceptors (Lipinski definition) is 2. The molecule has 2 heterocycles. The van der Waals surface area contributed by atoms with Crippen molar-refractivity contribution in [3.63, 3.8) is 0 Å². The molecule has 18 heavy (non-hydrogen) atoms. The third-order valence-electron chi connectivity index (χ3n) is 3.99. The molecule has 3 nitrogen and oxygen atoms in total. The molecule has 4 heteroatoms. The Bertz CT molecular complexity index is 555. The molecular formula is C14H18ClN3. The number of rotatable bonds is 2. The molecule has 0 aromatic carbocycles. The van der Waals surface area contributed by atoms with E-state index in [-0.39, 0.29) is 0 Å². The first kappa shape index (κ1) is 12.0. The zero-order valence-electron chi connectivity index (χ0n) is 10.7. The van der Waals surface area contributed by atoms with Gasteiger partial charge in [-0.25, -0.2) is 9.97 Å². The molecule has 96 valence electrons. The van der Waals surface area contributed by atoms with E-state index < -0.39 is 0 Å². The van der Waals surface area contributed by atoms with Gasteiger partial charge in [0.25, 0.3) is 0 Å². The van der Waals surface area contributed by atoms with Crippen LogP contribution >= 0.6 is 11.6 Å². The van der Waals surface area contributed by atoms with Gasteiger partial charge in [0.2, 0.25) is 0 Å². The highest BCUT2D eigenvalue weighted by molar-refractivity contribution is 6.32. The summed E-state index contributed by atoms with van der Waals surface area (Å²) in [6, 6.07) is 0. The fraction of sp³-hybridized carbons (Fsp3) is 0.571. The van der Waals surface area contributed by atoms with Crippen molar-refractivity contribution in [3.05, 3.63) is 29.1 Å². The molecule has 1 saturated carbocycles. The lowest BCUT2D eigenvalue weighted by molar-refractivity contribution is 0.353. The van der Waals surface area contributed by atoms with Gasteiger partial charge in [-0.15, -0.1) is 0 Å². The summed E-state index contributed by atoms with van der Waals surface area (Å²) in [6.07, 6.45) is 11.7. The van der Waals surface area contributed by atoms with E-state index in [1.165, 1.54) is 37.8 Å². The lowest BCUT2D eigenvalue weighted by Gasteiger charge is -2.22. The molecule has 0 unspecified atom stereocenters. The molecule has 0 bridgehead atoms. The Balaban J connectivity index is 1.95. The van der Waals surface area contributed by atoms with Gasteiger partial charge in [0.1, 0.15) is 11.3 Å². The highest BCUT2D eigenvalue weighted by Crippen LogP contribution is 2.28. The van der Waals surface area contributed by atoms with Gasteiger partial charge in [-0.05, 0) is 19.3 Å². The average Bonchev–Trinajstić information content (AvgIpc) is 2.78. The van der Waals surface area contributed by atoms with Gasteiger partial charge >= 0.3 is 0 Å². The summed E-state index contributed by atoms with van der Waals surface area (Å²) >= 11 is 6.11. The molecule has 0 saturated heterocycles. The summed E-state index contributed by atoms with van der Waals surface area (Å²) < 4.78 is 2.16. The lowest BCUT2D eigenvalue weighted by atomic mass is 9.86. The van der Waals surface area contributed by atoms with Crippen molar-refractivity contribution in [1.29, 1.82) is 0 Å². The van der Waals surface area contributed by atoms with E-state index in [1.807, 2.05) is 19.3 Å². The molecule has 0 N–H and O–H groups in total. The number of aromatic nitrogens is 3. The van der Waals surface area contributed by atoms with E-state index in [4.69, 9.17) is 11.6 Å². The molecule has 1 aliphatic rings. The molecule has 1 aliphatic carbocycles. The fourth-order valence-corrected chi connectivity index (χ4v) is 3.22. The molecule has 2 aromatic rings. The van der Waals surface area contributed by atoms with Crippen LogP contribution in [0.1, 0.15) is 43.6 Å². The zero-order chi connectivity index (χ0) is 12.5. The molecule has 1 fully saturated rings. The molecule has 3 rings (SSSR count). The number of hydrogen-bond donors (Lipinski definition) is 0. The summed E-state index contributed by atoms with van der Waals surface area (Å²) in [6.45, 7) is 2.02. The highest BCUT2D eigenvalue weighted by atomic mass is 35.5. The van der Waals surface area contributed by atoms with E-state index in [9.17, 15) is 0 Å². The maximum Gasteiger partial charge on any atom is 0.154 e. The van der Waals surface area contributed by atoms with Crippen LogP contribution in [0.15, 0.2) is 12.4 Å². The van der Waals surface area contributed by atoms with Gasteiger partial charge in [0, 0.05) is 11.9 Å². The Morgan fingerprint density at radius 1 is 1.22 bits per heavy atom. The van der Waals surface area contributed by atoms with Crippen molar-refractivity contribution in [2.45, 2.75) is 45.4 Å². The van der Waals surface area contributed by atoms with E-state index >= 15 is 0 Å². The van der Waals surface area contributed by atoms with Crippen LogP contribution in [0.2, 0.25) is 5.15 Å². The second-order valence-corrected chi connectivity index (χ2v) is 5.63. The van der Waals surface area contributed by atoms with Crippen LogP contribution in [0.3, 0.4) is 0 Å². The second-order valence-electron chi connectivity index (χ2n) is 5.27. The van der Waals surface area contributed by atoms with E-state index in [0.29, 0.717) is 5.15 Å². The first-order valence-electron chi connectivity index (χ1n) is 6.73. The van der Waals surface area contributed by atoms with Crippen LogP contribution in [0.5, 0.6) is 0 Å². The summed E-state index contributed by atoms with van der Waals surface area (Å²) in [5.74, 6) is 1.80. The zero-order valence-corrected chi connectivity index (χ0v) is 11.5. The van der Waals surface area contributed by atoms with Crippen LogP contribution < -0.4 is 0 Å². The van der Waals surface area contributed by atoms with Gasteiger partial charge in [-0.3, -0.25) is 4.40 Å². The normalized spacial score (nSPS) is 17.4. The molecule has 2 aromatic heterocycles. The Hall–Kier alpha value is -1.09. The SMILES string of the molecule is Cc1ncc2c(Cl)ncc(CC3CCCCC3)n12. The van der Waals surface area contributed by atoms with Crippen molar-refractivity contribution in [3.8, 4) is 0 Å². The molecule has 0 aliphatic heterocycles. The fourth-order valence-electron chi connectivity index (χ4n) is 3.04. The summed E-state index contributed by atoms with van der Waals surface area (Å²) in [7, 11) is 0. The minimum absolute atomic E-state index is 0.544. The van der Waals surface area contributed by atoms with Gasteiger partial charge in [0.05, 0.1) is 6.20 Å². The number of halogens is 1. The average molecular weight is 264 g/mol. The number of nitrogens with zero attached hydrogens (tertiary/aromatic N) is 3. The molecule has 0 radical (unpaired) electrons. The Morgan fingerprint density at radius 2 is 2.00 bits per heavy atom. The Morgan fingerprint density at radius 3 is 2.78 bits per heavy atom. The van der Waals surface area contributed by atoms with Crippen molar-refractivity contribution >= 4 is 17.1 Å². The maximum atomic E-state index is 6.11. The van der Waals surface area contributed by atoms with Crippen LogP contribution in [-0.4, -0.2) is 14.4 Å². The Kier molecular flexibility index (Phi) is 3.25. The van der Waals surface area contributed by atoms with E-state index in [0.717, 1.165) is 23.7 Å². The quantitative estimate of drug-likeness (QED) is 0.825. The Labute approximate surface area is 112 Å². The molecule has 0 atom stereocenters. The monoisotopic (exact) mass is 263 g/mol. The predicted molar refractivity (Wildman–Crippen MR) is 73.0 cm³/mol. The molecule has 0 amide bonds. The van der Waals surface area contributed by atoms with E-state index in [1.54, 1.807) is 0 Å². The minimum Gasteiger partial charge on any atom is -0.297 e. The van der Waals surface area contributed by atoms with Gasteiger partial charge < -0.3 is 0 Å². The highest BCUT2D eigenvalue weighted by Gasteiger charge is 2.17. The largest absolute Gasteiger partial charge is 0.297 e. The van der Waals surface area contributed by atoms with Crippen molar-refractivity contribution in [2.75, 3.05) is 0 Å². The minimum atomic E-state index is 0.544. The lowest BCUT2D eigenvalue weighted by Crippen LogP contribution is -2.12. The predicted octanol–water partition coefficient (Wildman–Crippen LogP) is 3.81. The van der Waals surface area contributed by atoms with Crippen molar-refractivity contribution in [1.82, 2.24) is 14.4 Å². The third-order valence-corrected chi connectivity index (χ3v) is 4.28. The third kappa shape index (κ3) is 2.12. The van der Waals surface area contributed by atoms with Crippen LogP contribution in [0.25, 0.3) is 5.52 Å². The first-order valence-corrected chi connectivity index (χ1v) is 7.11. The van der Waals surface area contributed by atoms with Crippen LogP contribution in [0, 0.1) is 12.8 Å². The van der Waals surface area contributed by atoms with Gasteiger partial charge in [0.15, 0.2) is 5.15 Å². The second kappa shape index (κ2) is 4.88. The summed E-state index contributed by atoms with van der Waals surface area (Å²) in [4.78, 5) is 8.64. The van der Waals surface area contributed by atoms with Crippen LogP contribution in [0.4, 0.5) is 0 Å².